The fourth-order valence-corrected chi connectivity index (χ4v) is 8.98. The zero-order valence-corrected chi connectivity index (χ0v) is 18.4. The first-order valence-electron chi connectivity index (χ1n) is 11.9. The number of hydrogen-bond acceptors (Lipinski definition) is 3. The fraction of sp³-hybridized carbons (Fsp3) is 0.769. The lowest BCUT2D eigenvalue weighted by atomic mass is 9.45. The monoisotopic (exact) mass is 395 g/mol. The second-order valence-electron chi connectivity index (χ2n) is 11.4. The highest BCUT2D eigenvalue weighted by atomic mass is 16.4. The van der Waals surface area contributed by atoms with Gasteiger partial charge in [0, 0.05) is 6.42 Å². The topological polar surface area (TPSA) is 49.7 Å². The summed E-state index contributed by atoms with van der Waals surface area (Å²) in [4.78, 5) is 11.8. The molecule has 0 heterocycles. The van der Waals surface area contributed by atoms with Crippen molar-refractivity contribution in [1.29, 1.82) is 0 Å². The number of nitrogens with zero attached hydrogens (tertiary/aromatic N) is 1. The zero-order chi connectivity index (χ0) is 20.6. The molecule has 0 aromatic rings. The highest BCUT2D eigenvalue weighted by molar-refractivity contribution is 5.96. The van der Waals surface area contributed by atoms with Crippen LogP contribution in [-0.2, 0) is 4.79 Å². The Bertz CT molecular complexity index is 797. The van der Waals surface area contributed by atoms with Crippen molar-refractivity contribution in [2.75, 3.05) is 0 Å². The van der Waals surface area contributed by atoms with E-state index in [1.54, 1.807) is 6.92 Å². The van der Waals surface area contributed by atoms with E-state index in [9.17, 15) is 10.0 Å². The van der Waals surface area contributed by atoms with Crippen molar-refractivity contribution in [2.45, 2.75) is 72.1 Å². The van der Waals surface area contributed by atoms with Crippen molar-refractivity contribution < 1.29 is 10.0 Å². The summed E-state index contributed by atoms with van der Waals surface area (Å²) in [6, 6.07) is 0. The number of Topliss-reactive ketones (excluding diaryl/α,β-unsaturated/α-hetero) is 1. The summed E-state index contributed by atoms with van der Waals surface area (Å²) in [6.07, 6.45) is 13.4. The van der Waals surface area contributed by atoms with E-state index in [1.165, 1.54) is 24.8 Å². The van der Waals surface area contributed by atoms with Gasteiger partial charge in [0.2, 0.25) is 0 Å². The molecule has 9 atom stereocenters. The number of ketones is 1. The molecule has 3 heteroatoms. The van der Waals surface area contributed by atoms with Gasteiger partial charge < -0.3 is 10.0 Å². The first-order valence-corrected chi connectivity index (χ1v) is 11.9. The third kappa shape index (κ3) is 2.61. The highest BCUT2D eigenvalue weighted by Gasteiger charge is 2.74. The molecule has 5 aliphatic rings. The summed E-state index contributed by atoms with van der Waals surface area (Å²) >= 11 is 0. The summed E-state index contributed by atoms with van der Waals surface area (Å²) in [5.74, 6) is 5.56. The standard InChI is InChI=1S/C26H37NO2/c1-5-16-12-17-13-18(27-29)6-7-19(17)20-9-11-26(4)24(23(16)20)21-14-22(21)25(26,3)10-8-15(2)28/h5,13,16,19-24,29H,1,6-12,14H2,2-4H3/b27-18+/t16?,19?,20?,21?,22?,23?,24?,25-,26+/m1/s1. The normalized spacial score (nSPS) is 51.3. The minimum Gasteiger partial charge on any atom is -0.411 e. The van der Waals surface area contributed by atoms with Gasteiger partial charge in [-0.3, -0.25) is 0 Å². The molecular formula is C26H37NO2. The molecule has 0 aliphatic heterocycles. The van der Waals surface area contributed by atoms with Crippen molar-refractivity contribution in [3.05, 3.63) is 24.3 Å². The molecule has 0 saturated heterocycles. The van der Waals surface area contributed by atoms with Crippen molar-refractivity contribution >= 4 is 11.5 Å². The maximum atomic E-state index is 11.8. The lowest BCUT2D eigenvalue weighted by Crippen LogP contribution is -2.53. The van der Waals surface area contributed by atoms with E-state index >= 15 is 0 Å². The van der Waals surface area contributed by atoms with Gasteiger partial charge in [-0.1, -0.05) is 30.7 Å². The average Bonchev–Trinajstić information content (AvgIpc) is 3.47. The molecule has 0 radical (unpaired) electrons. The van der Waals surface area contributed by atoms with Crippen LogP contribution in [0.25, 0.3) is 0 Å². The minimum atomic E-state index is 0.324. The lowest BCUT2D eigenvalue weighted by molar-refractivity contribution is -0.120. The smallest absolute Gasteiger partial charge is 0.129 e. The van der Waals surface area contributed by atoms with E-state index in [-0.39, 0.29) is 0 Å². The molecule has 0 amide bonds. The number of oxime groups is 1. The first-order chi connectivity index (χ1) is 13.8. The Kier molecular flexibility index (Phi) is 4.43. The zero-order valence-electron chi connectivity index (χ0n) is 18.4. The van der Waals surface area contributed by atoms with Crippen LogP contribution < -0.4 is 0 Å². The molecule has 4 fully saturated rings. The number of carbonyl (C=O) groups excluding carboxylic acids is 1. The predicted octanol–water partition coefficient (Wildman–Crippen LogP) is 6.03. The number of carbonyl (C=O) groups is 1. The summed E-state index contributed by atoms with van der Waals surface area (Å²) in [7, 11) is 0. The van der Waals surface area contributed by atoms with Crippen molar-refractivity contribution in [2.24, 2.45) is 57.4 Å². The molecule has 0 aromatic heterocycles. The molecule has 1 N–H and O–H groups in total. The van der Waals surface area contributed by atoms with Crippen LogP contribution in [0.15, 0.2) is 29.5 Å². The SMILES string of the molecule is C=CC1CC2=C/C(=N/O)CCC2C2CC[C@@]3(C)C(C4CC4[C@@]3(C)CCC(C)=O)C12. The summed E-state index contributed by atoms with van der Waals surface area (Å²) in [6.45, 7) is 11.1. The molecule has 0 spiro atoms. The van der Waals surface area contributed by atoms with Gasteiger partial charge in [0.25, 0.3) is 0 Å². The maximum absolute atomic E-state index is 11.8. The van der Waals surface area contributed by atoms with Gasteiger partial charge >= 0.3 is 0 Å². The van der Waals surface area contributed by atoms with Crippen LogP contribution in [-0.4, -0.2) is 16.7 Å². The third-order valence-corrected chi connectivity index (χ3v) is 10.5. The Hall–Kier alpha value is -1.38. The van der Waals surface area contributed by atoms with Gasteiger partial charge in [0.15, 0.2) is 0 Å². The van der Waals surface area contributed by atoms with Gasteiger partial charge in [0.1, 0.15) is 5.78 Å². The van der Waals surface area contributed by atoms with E-state index in [0.717, 1.165) is 67.4 Å². The Labute approximate surface area is 175 Å². The summed E-state index contributed by atoms with van der Waals surface area (Å²) in [5, 5.41) is 12.8. The largest absolute Gasteiger partial charge is 0.411 e. The number of hydrogen-bond donors (Lipinski definition) is 1. The molecule has 5 aliphatic carbocycles. The van der Waals surface area contributed by atoms with Crippen LogP contribution in [0.1, 0.15) is 72.1 Å². The quantitative estimate of drug-likeness (QED) is 0.359. The second-order valence-corrected chi connectivity index (χ2v) is 11.4. The van der Waals surface area contributed by atoms with Crippen LogP contribution >= 0.6 is 0 Å². The number of allylic oxidation sites excluding steroid dienone is 3. The highest BCUT2D eigenvalue weighted by Crippen LogP contribution is 2.80. The van der Waals surface area contributed by atoms with E-state index < -0.39 is 0 Å². The summed E-state index contributed by atoms with van der Waals surface area (Å²) in [5.41, 5.74) is 3.07. The molecule has 0 bridgehead atoms. The molecule has 5 rings (SSSR count). The van der Waals surface area contributed by atoms with Crippen LogP contribution in [0.3, 0.4) is 0 Å². The van der Waals surface area contributed by atoms with Crippen LogP contribution in [0.5, 0.6) is 0 Å². The van der Waals surface area contributed by atoms with Crippen molar-refractivity contribution in [3.63, 3.8) is 0 Å². The molecule has 0 aromatic carbocycles. The third-order valence-electron chi connectivity index (χ3n) is 10.5. The van der Waals surface area contributed by atoms with E-state index in [1.807, 2.05) is 0 Å². The molecule has 4 saturated carbocycles. The second kappa shape index (κ2) is 6.56. The van der Waals surface area contributed by atoms with Crippen LogP contribution in [0.4, 0.5) is 0 Å². The lowest BCUT2D eigenvalue weighted by Gasteiger charge is -2.60. The maximum Gasteiger partial charge on any atom is 0.129 e. The van der Waals surface area contributed by atoms with Crippen molar-refractivity contribution in [3.8, 4) is 0 Å². The average molecular weight is 396 g/mol. The van der Waals surface area contributed by atoms with Gasteiger partial charge in [-0.15, -0.1) is 6.58 Å². The van der Waals surface area contributed by atoms with Gasteiger partial charge in [-0.2, -0.15) is 0 Å². The van der Waals surface area contributed by atoms with Gasteiger partial charge in [-0.05, 0) is 110 Å². The van der Waals surface area contributed by atoms with E-state index in [0.29, 0.717) is 28.4 Å². The minimum absolute atomic E-state index is 0.324. The fourth-order valence-electron chi connectivity index (χ4n) is 8.98. The van der Waals surface area contributed by atoms with E-state index in [4.69, 9.17) is 0 Å². The molecule has 29 heavy (non-hydrogen) atoms. The number of fused-ring (bicyclic) bond motifs is 7. The molecule has 158 valence electrons. The Morgan fingerprint density at radius 3 is 2.83 bits per heavy atom. The van der Waals surface area contributed by atoms with Gasteiger partial charge in [-0.25, -0.2) is 0 Å². The van der Waals surface area contributed by atoms with Crippen LogP contribution in [0, 0.1) is 52.3 Å². The summed E-state index contributed by atoms with van der Waals surface area (Å²) < 4.78 is 0. The predicted molar refractivity (Wildman–Crippen MR) is 116 cm³/mol. The molecule has 3 nitrogen and oxygen atoms in total. The Morgan fingerprint density at radius 2 is 2.14 bits per heavy atom. The van der Waals surface area contributed by atoms with Crippen LogP contribution in [0.2, 0.25) is 0 Å². The Balaban J connectivity index is 1.50. The van der Waals surface area contributed by atoms with Crippen molar-refractivity contribution in [1.82, 2.24) is 0 Å². The first kappa shape index (κ1) is 19.6. The molecular weight excluding hydrogens is 358 g/mol. The molecule has 7 unspecified atom stereocenters. The Morgan fingerprint density at radius 1 is 1.34 bits per heavy atom. The van der Waals surface area contributed by atoms with E-state index in [2.05, 4.69) is 37.7 Å². The van der Waals surface area contributed by atoms with Gasteiger partial charge in [0.05, 0.1) is 5.71 Å². The number of rotatable bonds is 4.